The molecule has 2 fully saturated rings. The van der Waals surface area contributed by atoms with Crippen LogP contribution in [0.5, 0.6) is 11.5 Å². The Balaban J connectivity index is 1.22. The quantitative estimate of drug-likeness (QED) is 0.484. The van der Waals surface area contributed by atoms with Gasteiger partial charge in [0.15, 0.2) is 0 Å². The topological polar surface area (TPSA) is 87.7 Å². The number of sulfonamides is 1. The molecule has 36 heavy (non-hydrogen) atoms. The van der Waals surface area contributed by atoms with Crippen LogP contribution >= 0.6 is 0 Å². The van der Waals surface area contributed by atoms with Crippen LogP contribution in [0.3, 0.4) is 0 Å². The summed E-state index contributed by atoms with van der Waals surface area (Å²) in [6, 6.07) is 14.8. The smallest absolute Gasteiger partial charge is 0.229 e. The van der Waals surface area contributed by atoms with Crippen molar-refractivity contribution in [1.29, 1.82) is 0 Å². The monoisotopic (exact) mass is 513 g/mol. The third-order valence-electron chi connectivity index (χ3n) is 7.51. The van der Waals surface area contributed by atoms with Gasteiger partial charge in [-0.1, -0.05) is 38.3 Å². The van der Waals surface area contributed by atoms with Gasteiger partial charge in [0.2, 0.25) is 15.9 Å². The van der Waals surface area contributed by atoms with Crippen LogP contribution in [0.1, 0.15) is 57.4 Å². The number of likely N-dealkylation sites (tertiary alicyclic amines) is 1. The number of ether oxygens (including phenoxy) is 1. The van der Waals surface area contributed by atoms with Gasteiger partial charge in [0.25, 0.3) is 0 Å². The van der Waals surface area contributed by atoms with Crippen LogP contribution in [0.4, 0.5) is 5.69 Å². The van der Waals surface area contributed by atoms with E-state index in [1.165, 1.54) is 37.7 Å². The van der Waals surface area contributed by atoms with Crippen LogP contribution in [0.25, 0.3) is 0 Å². The molecule has 2 aromatic carbocycles. The van der Waals surface area contributed by atoms with Gasteiger partial charge in [-0.25, -0.2) is 8.42 Å². The van der Waals surface area contributed by atoms with Crippen molar-refractivity contribution in [3.8, 4) is 11.5 Å². The van der Waals surface area contributed by atoms with Gasteiger partial charge in [-0.05, 0) is 86.7 Å². The van der Waals surface area contributed by atoms with Crippen LogP contribution in [-0.2, 0) is 21.4 Å². The summed E-state index contributed by atoms with van der Waals surface area (Å²) in [6.07, 6.45) is 9.35. The molecule has 0 radical (unpaired) electrons. The number of nitrogens with one attached hydrogen (secondary N) is 2. The molecule has 0 spiro atoms. The number of carbonyl (C=O) groups is 1. The maximum Gasteiger partial charge on any atom is 0.229 e. The number of hydrogen-bond donors (Lipinski definition) is 2. The molecule has 1 aliphatic carbocycles. The van der Waals surface area contributed by atoms with Gasteiger partial charge < -0.3 is 10.1 Å². The molecular weight excluding hydrogens is 474 g/mol. The van der Waals surface area contributed by atoms with Gasteiger partial charge in [0, 0.05) is 24.2 Å². The lowest BCUT2D eigenvalue weighted by atomic mass is 9.79. The second-order valence-electron chi connectivity index (χ2n) is 10.7. The minimum absolute atomic E-state index is 0.231. The summed E-state index contributed by atoms with van der Waals surface area (Å²) in [4.78, 5) is 15.3. The van der Waals surface area contributed by atoms with Crippen LogP contribution in [0.15, 0.2) is 48.5 Å². The van der Waals surface area contributed by atoms with E-state index in [9.17, 15) is 13.2 Å². The van der Waals surface area contributed by atoms with Crippen molar-refractivity contribution in [3.63, 3.8) is 0 Å². The number of anilines is 1. The maximum atomic E-state index is 12.9. The van der Waals surface area contributed by atoms with E-state index < -0.39 is 10.0 Å². The lowest BCUT2D eigenvalue weighted by molar-refractivity contribution is -0.133. The number of piperidine rings is 1. The molecule has 0 bridgehead atoms. The number of rotatable bonds is 9. The third-order valence-corrected chi connectivity index (χ3v) is 8.11. The Kier molecular flexibility index (Phi) is 8.57. The molecule has 2 aromatic rings. The summed E-state index contributed by atoms with van der Waals surface area (Å²) in [5.74, 6) is 2.26. The van der Waals surface area contributed by atoms with Gasteiger partial charge in [0.05, 0.1) is 6.26 Å². The van der Waals surface area contributed by atoms with E-state index >= 15 is 0 Å². The molecule has 0 unspecified atom stereocenters. The fraction of sp³-hybridized carbons (Fsp3) is 0.536. The number of carbonyl (C=O) groups excluding carboxylic acids is 1. The Morgan fingerprint density at radius 3 is 2.14 bits per heavy atom. The average molecular weight is 514 g/mol. The fourth-order valence-electron chi connectivity index (χ4n) is 5.14. The Bertz CT molecular complexity index is 1100. The van der Waals surface area contributed by atoms with E-state index in [0.717, 1.165) is 51.0 Å². The Morgan fingerprint density at radius 2 is 1.56 bits per heavy atom. The Morgan fingerprint density at radius 1 is 0.972 bits per heavy atom. The van der Waals surface area contributed by atoms with E-state index in [0.29, 0.717) is 17.4 Å². The molecule has 1 amide bonds. The lowest BCUT2D eigenvalue weighted by Crippen LogP contribution is -2.48. The van der Waals surface area contributed by atoms with Gasteiger partial charge in [-0.2, -0.15) is 0 Å². The minimum Gasteiger partial charge on any atom is -0.457 e. The Labute approximate surface area is 215 Å². The van der Waals surface area contributed by atoms with Crippen LogP contribution in [-0.4, -0.2) is 45.1 Å². The zero-order chi connectivity index (χ0) is 25.6. The first-order chi connectivity index (χ1) is 17.2. The third kappa shape index (κ3) is 7.71. The SMILES string of the molecule is CC1(C(=O)NCC2CCCCC2)CCN(Cc2ccc(Oc3ccc(NS(C)(=O)=O)cc3)cc2)CC1. The van der Waals surface area contributed by atoms with Crippen molar-refractivity contribution >= 4 is 21.6 Å². The van der Waals surface area contributed by atoms with Gasteiger partial charge in [-0.15, -0.1) is 0 Å². The van der Waals surface area contributed by atoms with E-state index in [1.54, 1.807) is 24.3 Å². The minimum atomic E-state index is -3.30. The second-order valence-corrected chi connectivity index (χ2v) is 12.4. The van der Waals surface area contributed by atoms with Crippen molar-refractivity contribution in [1.82, 2.24) is 10.2 Å². The van der Waals surface area contributed by atoms with E-state index in [2.05, 4.69) is 34.0 Å². The molecule has 8 heteroatoms. The molecule has 0 atom stereocenters. The summed E-state index contributed by atoms with van der Waals surface area (Å²) in [5.41, 5.74) is 1.44. The predicted molar refractivity (Wildman–Crippen MR) is 144 cm³/mol. The average Bonchev–Trinajstić information content (AvgIpc) is 2.86. The molecule has 7 nitrogen and oxygen atoms in total. The normalized spacial score (nSPS) is 18.9. The highest BCUT2D eigenvalue weighted by atomic mass is 32.2. The fourth-order valence-corrected chi connectivity index (χ4v) is 5.70. The summed E-state index contributed by atoms with van der Waals surface area (Å²) >= 11 is 0. The van der Waals surface area contributed by atoms with E-state index in [4.69, 9.17) is 4.74 Å². The zero-order valence-corrected chi connectivity index (χ0v) is 22.3. The van der Waals surface area contributed by atoms with E-state index in [1.807, 2.05) is 12.1 Å². The number of hydrogen-bond acceptors (Lipinski definition) is 5. The molecule has 1 aliphatic heterocycles. The van der Waals surface area contributed by atoms with Crippen molar-refractivity contribution in [2.45, 2.75) is 58.4 Å². The van der Waals surface area contributed by atoms with Gasteiger partial charge in [0.1, 0.15) is 11.5 Å². The molecule has 1 heterocycles. The molecule has 2 aliphatic rings. The molecule has 0 aromatic heterocycles. The van der Waals surface area contributed by atoms with Crippen LogP contribution in [0.2, 0.25) is 0 Å². The van der Waals surface area contributed by atoms with Gasteiger partial charge in [-0.3, -0.25) is 14.4 Å². The summed E-state index contributed by atoms with van der Waals surface area (Å²) in [7, 11) is -3.30. The second kappa shape index (κ2) is 11.6. The molecule has 4 rings (SSSR count). The molecule has 1 saturated carbocycles. The Hall–Kier alpha value is -2.58. The largest absolute Gasteiger partial charge is 0.457 e. The number of nitrogens with zero attached hydrogens (tertiary/aromatic N) is 1. The lowest BCUT2D eigenvalue weighted by Gasteiger charge is -2.38. The molecule has 1 saturated heterocycles. The van der Waals surface area contributed by atoms with Crippen LogP contribution < -0.4 is 14.8 Å². The van der Waals surface area contributed by atoms with Gasteiger partial charge >= 0.3 is 0 Å². The summed E-state index contributed by atoms with van der Waals surface area (Å²) in [5, 5.41) is 3.26. The first kappa shape index (κ1) is 26.5. The highest BCUT2D eigenvalue weighted by molar-refractivity contribution is 7.92. The summed E-state index contributed by atoms with van der Waals surface area (Å²) in [6.45, 7) is 5.65. The number of benzene rings is 2. The molecule has 2 N–H and O–H groups in total. The first-order valence-electron chi connectivity index (χ1n) is 13.0. The van der Waals surface area contributed by atoms with Crippen LogP contribution in [0, 0.1) is 11.3 Å². The van der Waals surface area contributed by atoms with Crippen molar-refractivity contribution < 1.29 is 17.9 Å². The standard InChI is InChI=1S/C28H39N3O4S/c1-28(27(32)29-20-22-6-4-3-5-7-22)16-18-31(19-17-28)21-23-8-12-25(13-9-23)35-26-14-10-24(11-15-26)30-36(2,33)34/h8-15,22,30H,3-7,16-21H2,1-2H3,(H,29,32). The van der Waals surface area contributed by atoms with E-state index in [-0.39, 0.29) is 11.3 Å². The van der Waals surface area contributed by atoms with Crippen molar-refractivity contribution in [2.75, 3.05) is 30.6 Å². The zero-order valence-electron chi connectivity index (χ0n) is 21.5. The molecular formula is C28H39N3O4S. The van der Waals surface area contributed by atoms with Crippen molar-refractivity contribution in [3.05, 3.63) is 54.1 Å². The maximum absolute atomic E-state index is 12.9. The predicted octanol–water partition coefficient (Wildman–Crippen LogP) is 5.15. The summed E-state index contributed by atoms with van der Waals surface area (Å²) < 4.78 is 31.0. The highest BCUT2D eigenvalue weighted by Crippen LogP contribution is 2.32. The first-order valence-corrected chi connectivity index (χ1v) is 14.9. The molecule has 196 valence electrons. The highest BCUT2D eigenvalue weighted by Gasteiger charge is 2.37. The van der Waals surface area contributed by atoms with Crippen molar-refractivity contribution in [2.24, 2.45) is 11.3 Å². The number of amides is 1.